The highest BCUT2D eigenvalue weighted by molar-refractivity contribution is 6.31. The van der Waals surface area contributed by atoms with Crippen LogP contribution in [0.15, 0.2) is 48.5 Å². The number of carbonyl (C=O) groups excluding carboxylic acids is 1. The standard InChI is InChI=1S/C16H16ClFN2O/c1-11(12-6-2-3-7-13(12)17)19-10-16(21)20-15-9-5-4-8-14(15)18/h2-9,11,19H,10H2,1H3,(H,20,21)/t11-/m0/s1. The average molecular weight is 307 g/mol. The van der Waals surface area contributed by atoms with Gasteiger partial charge in [0, 0.05) is 11.1 Å². The van der Waals surface area contributed by atoms with E-state index in [-0.39, 0.29) is 24.2 Å². The van der Waals surface area contributed by atoms with Crippen molar-refractivity contribution >= 4 is 23.2 Å². The van der Waals surface area contributed by atoms with Gasteiger partial charge < -0.3 is 10.6 Å². The van der Waals surface area contributed by atoms with Crippen LogP contribution in [-0.4, -0.2) is 12.5 Å². The van der Waals surface area contributed by atoms with E-state index >= 15 is 0 Å². The van der Waals surface area contributed by atoms with E-state index in [2.05, 4.69) is 10.6 Å². The summed E-state index contributed by atoms with van der Waals surface area (Å²) in [6.45, 7) is 1.98. The van der Waals surface area contributed by atoms with Crippen molar-refractivity contribution in [2.75, 3.05) is 11.9 Å². The monoisotopic (exact) mass is 306 g/mol. The lowest BCUT2D eigenvalue weighted by Gasteiger charge is -2.15. The molecule has 0 aromatic heterocycles. The number of rotatable bonds is 5. The summed E-state index contributed by atoms with van der Waals surface area (Å²) in [4.78, 5) is 11.8. The Morgan fingerprint density at radius 1 is 1.19 bits per heavy atom. The number of carbonyl (C=O) groups is 1. The molecule has 5 heteroatoms. The van der Waals surface area contributed by atoms with E-state index in [1.54, 1.807) is 18.2 Å². The maximum Gasteiger partial charge on any atom is 0.238 e. The maximum absolute atomic E-state index is 13.4. The Bertz CT molecular complexity index is 633. The third kappa shape index (κ3) is 4.28. The van der Waals surface area contributed by atoms with Crippen LogP contribution in [0.5, 0.6) is 0 Å². The summed E-state index contributed by atoms with van der Waals surface area (Å²) in [5.74, 6) is -0.760. The number of nitrogens with one attached hydrogen (secondary N) is 2. The molecule has 0 spiro atoms. The van der Waals surface area contributed by atoms with Crippen molar-refractivity contribution in [2.24, 2.45) is 0 Å². The summed E-state index contributed by atoms with van der Waals surface area (Å²) >= 11 is 6.09. The quantitative estimate of drug-likeness (QED) is 0.883. The first kappa shape index (κ1) is 15.5. The molecule has 0 heterocycles. The number of hydrogen-bond acceptors (Lipinski definition) is 2. The van der Waals surface area contributed by atoms with E-state index in [0.717, 1.165) is 5.56 Å². The molecule has 0 saturated carbocycles. The van der Waals surface area contributed by atoms with E-state index in [1.807, 2.05) is 25.1 Å². The number of anilines is 1. The lowest BCUT2D eigenvalue weighted by atomic mass is 10.1. The summed E-state index contributed by atoms with van der Waals surface area (Å²) in [6.07, 6.45) is 0. The molecule has 21 heavy (non-hydrogen) atoms. The lowest BCUT2D eigenvalue weighted by molar-refractivity contribution is -0.115. The normalized spacial score (nSPS) is 12.0. The van der Waals surface area contributed by atoms with Crippen LogP contribution < -0.4 is 10.6 Å². The van der Waals surface area contributed by atoms with Gasteiger partial charge in [-0.1, -0.05) is 41.9 Å². The zero-order valence-corrected chi connectivity index (χ0v) is 12.3. The van der Waals surface area contributed by atoms with Gasteiger partial charge in [-0.3, -0.25) is 4.79 Å². The van der Waals surface area contributed by atoms with Crippen molar-refractivity contribution in [3.8, 4) is 0 Å². The Hall–Kier alpha value is -1.91. The molecule has 1 amide bonds. The van der Waals surface area contributed by atoms with E-state index < -0.39 is 5.82 Å². The summed E-state index contributed by atoms with van der Waals surface area (Å²) in [5.41, 5.74) is 1.09. The van der Waals surface area contributed by atoms with Gasteiger partial charge >= 0.3 is 0 Å². The molecule has 2 N–H and O–H groups in total. The molecule has 3 nitrogen and oxygen atoms in total. The van der Waals surface area contributed by atoms with E-state index in [1.165, 1.54) is 12.1 Å². The molecule has 1 atom stereocenters. The van der Waals surface area contributed by atoms with Crippen molar-refractivity contribution in [3.63, 3.8) is 0 Å². The second-order valence-corrected chi connectivity index (χ2v) is 5.06. The second kappa shape index (κ2) is 7.20. The fourth-order valence-corrected chi connectivity index (χ4v) is 2.24. The van der Waals surface area contributed by atoms with Crippen LogP contribution in [0.1, 0.15) is 18.5 Å². The summed E-state index contributed by atoms with van der Waals surface area (Å²) in [6, 6.07) is 13.4. The highest BCUT2D eigenvalue weighted by Crippen LogP contribution is 2.21. The van der Waals surface area contributed by atoms with Crippen LogP contribution >= 0.6 is 11.6 Å². The molecule has 0 aliphatic rings. The molecule has 110 valence electrons. The molecule has 0 aliphatic heterocycles. The molecule has 0 aliphatic carbocycles. The Morgan fingerprint density at radius 2 is 1.86 bits per heavy atom. The first-order valence-corrected chi connectivity index (χ1v) is 6.98. The summed E-state index contributed by atoms with van der Waals surface area (Å²) in [5, 5.41) is 6.23. The Kier molecular flexibility index (Phi) is 5.31. The predicted molar refractivity (Wildman–Crippen MR) is 82.9 cm³/mol. The molecule has 0 radical (unpaired) electrons. The lowest BCUT2D eigenvalue weighted by Crippen LogP contribution is -2.30. The third-order valence-corrected chi connectivity index (χ3v) is 3.43. The number of amides is 1. The number of halogens is 2. The van der Waals surface area contributed by atoms with Crippen LogP contribution in [-0.2, 0) is 4.79 Å². The van der Waals surface area contributed by atoms with E-state index in [4.69, 9.17) is 11.6 Å². The van der Waals surface area contributed by atoms with Gasteiger partial charge in [0.25, 0.3) is 0 Å². The molecule has 0 unspecified atom stereocenters. The fourth-order valence-electron chi connectivity index (χ4n) is 1.94. The summed E-state index contributed by atoms with van der Waals surface area (Å²) < 4.78 is 13.4. The van der Waals surface area contributed by atoms with Gasteiger partial charge in [0.1, 0.15) is 5.82 Å². The SMILES string of the molecule is C[C@H](NCC(=O)Nc1ccccc1F)c1ccccc1Cl. The Labute approximate surface area is 128 Å². The number of hydrogen-bond donors (Lipinski definition) is 2. The molecular formula is C16H16ClFN2O. The van der Waals surface area contributed by atoms with Crippen LogP contribution in [0.25, 0.3) is 0 Å². The van der Waals surface area contributed by atoms with E-state index in [0.29, 0.717) is 5.02 Å². The van der Waals surface area contributed by atoms with Gasteiger partial charge in [0.05, 0.1) is 12.2 Å². The van der Waals surface area contributed by atoms with Crippen molar-refractivity contribution < 1.29 is 9.18 Å². The van der Waals surface area contributed by atoms with Crippen molar-refractivity contribution in [1.29, 1.82) is 0 Å². The molecule has 0 bridgehead atoms. The van der Waals surface area contributed by atoms with Gasteiger partial charge in [-0.25, -0.2) is 4.39 Å². The number of benzene rings is 2. The number of para-hydroxylation sites is 1. The molecule has 0 saturated heterocycles. The minimum Gasteiger partial charge on any atom is -0.322 e. The molecule has 0 fully saturated rings. The second-order valence-electron chi connectivity index (χ2n) is 4.65. The van der Waals surface area contributed by atoms with Crippen LogP contribution in [0.3, 0.4) is 0 Å². The predicted octanol–water partition coefficient (Wildman–Crippen LogP) is 3.77. The minimum atomic E-state index is -0.454. The highest BCUT2D eigenvalue weighted by Gasteiger charge is 2.11. The Morgan fingerprint density at radius 3 is 2.57 bits per heavy atom. The Balaban J connectivity index is 1.90. The first-order chi connectivity index (χ1) is 10.1. The third-order valence-electron chi connectivity index (χ3n) is 3.09. The minimum absolute atomic E-state index is 0.0702. The average Bonchev–Trinajstić information content (AvgIpc) is 2.48. The van der Waals surface area contributed by atoms with Crippen molar-refractivity contribution in [1.82, 2.24) is 5.32 Å². The van der Waals surface area contributed by atoms with Crippen molar-refractivity contribution in [2.45, 2.75) is 13.0 Å². The zero-order chi connectivity index (χ0) is 15.2. The maximum atomic E-state index is 13.4. The summed E-state index contributed by atoms with van der Waals surface area (Å²) in [7, 11) is 0. The molecule has 2 rings (SSSR count). The zero-order valence-electron chi connectivity index (χ0n) is 11.6. The fraction of sp³-hybridized carbons (Fsp3) is 0.188. The van der Waals surface area contributed by atoms with Gasteiger partial charge in [-0.05, 0) is 30.7 Å². The van der Waals surface area contributed by atoms with Crippen LogP contribution in [0, 0.1) is 5.82 Å². The largest absolute Gasteiger partial charge is 0.322 e. The van der Waals surface area contributed by atoms with Gasteiger partial charge in [0.2, 0.25) is 5.91 Å². The van der Waals surface area contributed by atoms with Gasteiger partial charge in [-0.2, -0.15) is 0 Å². The smallest absolute Gasteiger partial charge is 0.238 e. The van der Waals surface area contributed by atoms with Crippen LogP contribution in [0.2, 0.25) is 5.02 Å². The first-order valence-electron chi connectivity index (χ1n) is 6.60. The van der Waals surface area contributed by atoms with E-state index in [9.17, 15) is 9.18 Å². The van der Waals surface area contributed by atoms with Crippen molar-refractivity contribution in [3.05, 3.63) is 64.9 Å². The van der Waals surface area contributed by atoms with Crippen LogP contribution in [0.4, 0.5) is 10.1 Å². The molecule has 2 aromatic rings. The highest BCUT2D eigenvalue weighted by atomic mass is 35.5. The molecular weight excluding hydrogens is 291 g/mol. The topological polar surface area (TPSA) is 41.1 Å². The molecule has 2 aromatic carbocycles. The van der Waals surface area contributed by atoms with Gasteiger partial charge in [0.15, 0.2) is 0 Å². The van der Waals surface area contributed by atoms with Gasteiger partial charge in [-0.15, -0.1) is 0 Å².